The number of nitrogens with zero attached hydrogens (tertiary/aromatic N) is 1. The molecule has 31 heavy (non-hydrogen) atoms. The minimum absolute atomic E-state index is 0.118. The van der Waals surface area contributed by atoms with E-state index in [2.05, 4.69) is 15.2 Å². The number of esters is 2. The zero-order valence-electron chi connectivity index (χ0n) is 18.1. The molecule has 1 fully saturated rings. The van der Waals surface area contributed by atoms with Crippen LogP contribution in [0.15, 0.2) is 24.3 Å². The molecule has 0 bridgehead atoms. The number of hydrogen-bond donors (Lipinski definition) is 2. The summed E-state index contributed by atoms with van der Waals surface area (Å²) in [6.07, 6.45) is -1.03. The highest BCUT2D eigenvalue weighted by molar-refractivity contribution is 6.00. The molecule has 1 aromatic carbocycles. The third-order valence-corrected chi connectivity index (χ3v) is 5.20. The number of aromatic amines is 1. The molecule has 0 spiro atoms. The van der Waals surface area contributed by atoms with Crippen LogP contribution in [-0.4, -0.2) is 62.3 Å². The smallest absolute Gasteiger partial charge is 0.355 e. The maximum Gasteiger partial charge on any atom is 0.355 e. The van der Waals surface area contributed by atoms with Crippen LogP contribution in [0.2, 0.25) is 0 Å². The number of aromatic nitrogens is 1. The molecule has 0 saturated carbocycles. The Hall–Kier alpha value is -3.33. The van der Waals surface area contributed by atoms with Gasteiger partial charge < -0.3 is 29.4 Å². The van der Waals surface area contributed by atoms with Crippen LogP contribution in [0, 0.1) is 13.8 Å². The van der Waals surface area contributed by atoms with Gasteiger partial charge in [0, 0.05) is 30.2 Å². The molecule has 1 amide bonds. The Morgan fingerprint density at radius 3 is 2.35 bits per heavy atom. The van der Waals surface area contributed by atoms with Crippen LogP contribution in [0.1, 0.15) is 39.0 Å². The standard InChI is InChI=1S/C22H27N3O6/c1-13-18(21(27)29-4)14(2)23-19(13)22(28)31-15(3)20(26)24-16-5-7-17(8-6-16)25-9-11-30-12-10-25/h5-8,15,23H,9-12H2,1-4H3,(H,24,26)/t15-/m0/s1. The van der Waals surface area contributed by atoms with E-state index in [0.29, 0.717) is 30.2 Å². The Kier molecular flexibility index (Phi) is 6.96. The van der Waals surface area contributed by atoms with Crippen molar-refractivity contribution in [2.24, 2.45) is 0 Å². The number of nitrogens with one attached hydrogen (secondary N) is 2. The molecule has 1 saturated heterocycles. The molecule has 1 aliphatic rings. The van der Waals surface area contributed by atoms with Crippen LogP contribution >= 0.6 is 0 Å². The highest BCUT2D eigenvalue weighted by atomic mass is 16.5. The van der Waals surface area contributed by atoms with Crippen LogP contribution in [0.5, 0.6) is 0 Å². The minimum atomic E-state index is -1.03. The van der Waals surface area contributed by atoms with Crippen LogP contribution in [0.4, 0.5) is 11.4 Å². The van der Waals surface area contributed by atoms with Gasteiger partial charge >= 0.3 is 11.9 Å². The number of morpholine rings is 1. The summed E-state index contributed by atoms with van der Waals surface area (Å²) in [5.74, 6) is -1.72. The summed E-state index contributed by atoms with van der Waals surface area (Å²) in [5, 5.41) is 2.74. The van der Waals surface area contributed by atoms with Crippen LogP contribution in [-0.2, 0) is 19.0 Å². The quantitative estimate of drug-likeness (QED) is 0.679. The van der Waals surface area contributed by atoms with Crippen molar-refractivity contribution in [1.29, 1.82) is 0 Å². The summed E-state index contributed by atoms with van der Waals surface area (Å²) in [4.78, 5) is 41.9. The van der Waals surface area contributed by atoms with Crippen molar-refractivity contribution in [3.05, 3.63) is 46.8 Å². The van der Waals surface area contributed by atoms with Gasteiger partial charge in [-0.05, 0) is 50.6 Å². The molecule has 166 valence electrons. The van der Waals surface area contributed by atoms with E-state index in [-0.39, 0.29) is 11.3 Å². The van der Waals surface area contributed by atoms with E-state index in [1.165, 1.54) is 14.0 Å². The number of rotatable bonds is 6. The molecule has 3 rings (SSSR count). The van der Waals surface area contributed by atoms with Crippen LogP contribution in [0.3, 0.4) is 0 Å². The van der Waals surface area contributed by atoms with Crippen LogP contribution in [0.25, 0.3) is 0 Å². The first-order chi connectivity index (χ1) is 14.8. The molecule has 1 aromatic heterocycles. The summed E-state index contributed by atoms with van der Waals surface area (Å²) in [5.41, 5.74) is 2.97. The number of carbonyl (C=O) groups is 3. The molecule has 1 atom stereocenters. The number of H-pyrrole nitrogens is 1. The van der Waals surface area contributed by atoms with Gasteiger partial charge in [-0.3, -0.25) is 4.79 Å². The Balaban J connectivity index is 1.60. The Morgan fingerprint density at radius 1 is 1.10 bits per heavy atom. The monoisotopic (exact) mass is 429 g/mol. The van der Waals surface area contributed by atoms with Crippen molar-refractivity contribution in [2.45, 2.75) is 26.9 Å². The predicted molar refractivity (Wildman–Crippen MR) is 115 cm³/mol. The molecule has 1 aliphatic heterocycles. The fourth-order valence-electron chi connectivity index (χ4n) is 3.46. The number of benzene rings is 1. The van der Waals surface area contributed by atoms with Gasteiger partial charge in [0.1, 0.15) is 5.69 Å². The van der Waals surface area contributed by atoms with Gasteiger partial charge in [-0.25, -0.2) is 9.59 Å². The van der Waals surface area contributed by atoms with Crippen molar-refractivity contribution in [2.75, 3.05) is 43.6 Å². The topological polar surface area (TPSA) is 110 Å². The van der Waals surface area contributed by atoms with Crippen molar-refractivity contribution < 1.29 is 28.6 Å². The van der Waals surface area contributed by atoms with E-state index in [9.17, 15) is 14.4 Å². The molecule has 2 heterocycles. The Bertz CT molecular complexity index is 960. The zero-order chi connectivity index (χ0) is 22.5. The first-order valence-corrected chi connectivity index (χ1v) is 10.0. The van der Waals surface area contributed by atoms with Crippen molar-refractivity contribution in [3.8, 4) is 0 Å². The van der Waals surface area contributed by atoms with Crippen molar-refractivity contribution in [3.63, 3.8) is 0 Å². The lowest BCUT2D eigenvalue weighted by Gasteiger charge is -2.28. The zero-order valence-corrected chi connectivity index (χ0v) is 18.1. The van der Waals surface area contributed by atoms with E-state index < -0.39 is 23.9 Å². The van der Waals surface area contributed by atoms with E-state index in [1.807, 2.05) is 12.1 Å². The maximum atomic E-state index is 12.5. The van der Waals surface area contributed by atoms with E-state index in [4.69, 9.17) is 14.2 Å². The highest BCUT2D eigenvalue weighted by Gasteiger charge is 2.26. The van der Waals surface area contributed by atoms with E-state index >= 15 is 0 Å². The SMILES string of the molecule is COC(=O)c1c(C)[nH]c(C(=O)O[C@@H](C)C(=O)Nc2ccc(N3CCOCC3)cc2)c1C. The number of aryl methyl sites for hydroxylation is 1. The molecule has 9 nitrogen and oxygen atoms in total. The second-order valence-electron chi connectivity index (χ2n) is 7.30. The molecule has 2 aromatic rings. The molecule has 0 unspecified atom stereocenters. The Morgan fingerprint density at radius 2 is 1.74 bits per heavy atom. The van der Waals surface area contributed by atoms with Gasteiger partial charge in [0.25, 0.3) is 5.91 Å². The number of anilines is 2. The van der Waals surface area contributed by atoms with Gasteiger partial charge in [0.05, 0.1) is 25.9 Å². The third kappa shape index (κ3) is 5.05. The number of carbonyl (C=O) groups excluding carboxylic acids is 3. The molecular formula is C22H27N3O6. The first-order valence-electron chi connectivity index (χ1n) is 10.0. The molecule has 9 heteroatoms. The second-order valence-corrected chi connectivity index (χ2v) is 7.30. The summed E-state index contributed by atoms with van der Waals surface area (Å²) < 4.78 is 15.4. The summed E-state index contributed by atoms with van der Waals surface area (Å²) >= 11 is 0. The summed E-state index contributed by atoms with van der Waals surface area (Å²) in [6, 6.07) is 7.46. The van der Waals surface area contributed by atoms with Gasteiger partial charge in [0.15, 0.2) is 6.10 Å². The van der Waals surface area contributed by atoms with Gasteiger partial charge in [-0.1, -0.05) is 0 Å². The average Bonchev–Trinajstić information content (AvgIpc) is 3.08. The minimum Gasteiger partial charge on any atom is -0.465 e. The number of amides is 1. The normalized spacial score (nSPS) is 14.6. The summed E-state index contributed by atoms with van der Waals surface area (Å²) in [7, 11) is 1.27. The number of hydrogen-bond acceptors (Lipinski definition) is 7. The average molecular weight is 429 g/mol. The second kappa shape index (κ2) is 9.65. The largest absolute Gasteiger partial charge is 0.465 e. The lowest BCUT2D eigenvalue weighted by atomic mass is 10.1. The van der Waals surface area contributed by atoms with Crippen molar-refractivity contribution >= 4 is 29.2 Å². The third-order valence-electron chi connectivity index (χ3n) is 5.20. The predicted octanol–water partition coefficient (Wildman–Crippen LogP) is 2.44. The molecule has 0 radical (unpaired) electrons. The van der Waals surface area contributed by atoms with Crippen LogP contribution < -0.4 is 10.2 Å². The van der Waals surface area contributed by atoms with E-state index in [0.717, 1.165) is 18.8 Å². The number of ether oxygens (including phenoxy) is 3. The first kappa shape index (κ1) is 22.4. The summed E-state index contributed by atoms with van der Waals surface area (Å²) in [6.45, 7) is 7.81. The fraction of sp³-hybridized carbons (Fsp3) is 0.409. The van der Waals surface area contributed by atoms with Crippen molar-refractivity contribution in [1.82, 2.24) is 4.98 Å². The lowest BCUT2D eigenvalue weighted by molar-refractivity contribution is -0.123. The highest BCUT2D eigenvalue weighted by Crippen LogP contribution is 2.21. The molecule has 0 aliphatic carbocycles. The van der Waals surface area contributed by atoms with Gasteiger partial charge in [0.2, 0.25) is 0 Å². The van der Waals surface area contributed by atoms with E-state index in [1.54, 1.807) is 26.0 Å². The van der Waals surface area contributed by atoms with Gasteiger partial charge in [-0.2, -0.15) is 0 Å². The Labute approximate surface area is 180 Å². The maximum absolute atomic E-state index is 12.5. The fourth-order valence-corrected chi connectivity index (χ4v) is 3.46. The number of methoxy groups -OCH3 is 1. The van der Waals surface area contributed by atoms with Gasteiger partial charge in [-0.15, -0.1) is 0 Å². The molecule has 2 N–H and O–H groups in total. The molecular weight excluding hydrogens is 402 g/mol. The lowest BCUT2D eigenvalue weighted by Crippen LogP contribution is -2.36.